The molecule has 1 aromatic heterocycles. The molecule has 0 atom stereocenters. The lowest BCUT2D eigenvalue weighted by atomic mass is 10.1. The van der Waals surface area contributed by atoms with Gasteiger partial charge in [-0.25, -0.2) is 4.98 Å². The van der Waals surface area contributed by atoms with E-state index in [2.05, 4.69) is 10.3 Å². The molecule has 0 aliphatic carbocycles. The summed E-state index contributed by atoms with van der Waals surface area (Å²) in [5, 5.41) is 3.33. The first-order valence-electron chi connectivity index (χ1n) is 5.96. The van der Waals surface area contributed by atoms with Crippen LogP contribution in [0.1, 0.15) is 34.3 Å². The number of aromatic nitrogens is 1. The van der Waals surface area contributed by atoms with Crippen molar-refractivity contribution >= 4 is 22.8 Å². The molecule has 0 fully saturated rings. The Morgan fingerprint density at radius 1 is 1.33 bits per heavy atom. The van der Waals surface area contributed by atoms with E-state index < -0.39 is 0 Å². The molecule has 0 unspecified atom stereocenters. The second-order valence-corrected chi connectivity index (χ2v) is 5.01. The summed E-state index contributed by atoms with van der Waals surface area (Å²) in [6, 6.07) is 7.62. The van der Waals surface area contributed by atoms with Gasteiger partial charge < -0.3 is 5.32 Å². The monoisotopic (exact) mass is 260 g/mol. The maximum absolute atomic E-state index is 11.5. The number of thiazole rings is 1. The molecule has 0 saturated carbocycles. The number of carbonyl (C=O) groups is 1. The molecule has 1 N–H and O–H groups in total. The third-order valence-electron chi connectivity index (χ3n) is 2.83. The van der Waals surface area contributed by atoms with Gasteiger partial charge in [0, 0.05) is 22.5 Å². The van der Waals surface area contributed by atoms with Gasteiger partial charge in [-0.15, -0.1) is 11.3 Å². The lowest BCUT2D eigenvalue weighted by Crippen LogP contribution is -2.00. The molecule has 0 aliphatic rings. The number of hydrogen-bond donors (Lipinski definition) is 1. The number of benzene rings is 1. The van der Waals surface area contributed by atoms with Gasteiger partial charge in [0.15, 0.2) is 5.78 Å². The van der Waals surface area contributed by atoms with E-state index in [4.69, 9.17) is 0 Å². The zero-order chi connectivity index (χ0) is 13.0. The Labute approximate surface area is 111 Å². The van der Waals surface area contributed by atoms with Crippen LogP contribution in [0.3, 0.4) is 0 Å². The summed E-state index contributed by atoms with van der Waals surface area (Å²) < 4.78 is 0. The van der Waals surface area contributed by atoms with Crippen LogP contribution >= 0.6 is 11.3 Å². The van der Waals surface area contributed by atoms with Crippen LogP contribution in [-0.4, -0.2) is 10.8 Å². The molecule has 2 aromatic rings. The fourth-order valence-corrected chi connectivity index (χ4v) is 2.37. The predicted molar refractivity (Wildman–Crippen MR) is 75.2 cm³/mol. The average molecular weight is 260 g/mol. The Bertz CT molecular complexity index is 531. The summed E-state index contributed by atoms with van der Waals surface area (Å²) >= 11 is 1.65. The number of nitrogens with zero attached hydrogens (tertiary/aromatic N) is 1. The lowest BCUT2D eigenvalue weighted by Gasteiger charge is -2.06. The van der Waals surface area contributed by atoms with Gasteiger partial charge in [0.2, 0.25) is 0 Å². The summed E-state index contributed by atoms with van der Waals surface area (Å²) in [6.45, 7) is 4.66. The second kappa shape index (κ2) is 5.78. The summed E-state index contributed by atoms with van der Waals surface area (Å²) in [6.07, 6.45) is 0.548. The number of carbonyl (C=O) groups excluding carboxylic acids is 1. The van der Waals surface area contributed by atoms with Gasteiger partial charge in [-0.2, -0.15) is 0 Å². The minimum atomic E-state index is 0.180. The second-order valence-electron chi connectivity index (χ2n) is 4.07. The molecule has 2 rings (SSSR count). The summed E-state index contributed by atoms with van der Waals surface area (Å²) in [4.78, 5) is 16.9. The summed E-state index contributed by atoms with van der Waals surface area (Å²) in [5.74, 6) is 0.180. The third kappa shape index (κ3) is 2.96. The molecular weight excluding hydrogens is 244 g/mol. The number of rotatable bonds is 5. The molecule has 0 aliphatic heterocycles. The molecule has 1 aromatic carbocycles. The van der Waals surface area contributed by atoms with Crippen molar-refractivity contribution < 1.29 is 4.79 Å². The van der Waals surface area contributed by atoms with Gasteiger partial charge in [0.1, 0.15) is 0 Å². The summed E-state index contributed by atoms with van der Waals surface area (Å²) in [7, 11) is 0. The standard InChI is InChI=1S/C14H16N2OS/c1-3-13(17)11-4-6-12(7-5-11)15-8-14-10(2)16-9-18-14/h4-7,9,15H,3,8H2,1-2H3. The molecule has 0 bridgehead atoms. The largest absolute Gasteiger partial charge is 0.380 e. The number of anilines is 1. The van der Waals surface area contributed by atoms with Crippen LogP contribution in [0.2, 0.25) is 0 Å². The molecular formula is C14H16N2OS. The van der Waals surface area contributed by atoms with Crippen LogP contribution < -0.4 is 5.32 Å². The maximum atomic E-state index is 11.5. The van der Waals surface area contributed by atoms with Crippen molar-refractivity contribution in [2.75, 3.05) is 5.32 Å². The first-order valence-corrected chi connectivity index (χ1v) is 6.84. The highest BCUT2D eigenvalue weighted by Crippen LogP contribution is 2.16. The first kappa shape index (κ1) is 12.8. The van der Waals surface area contributed by atoms with Crippen molar-refractivity contribution in [1.82, 2.24) is 4.98 Å². The molecule has 0 spiro atoms. The number of aryl methyl sites for hydroxylation is 1. The molecule has 0 radical (unpaired) electrons. The number of nitrogens with one attached hydrogen (secondary N) is 1. The Hall–Kier alpha value is -1.68. The predicted octanol–water partition coefficient (Wildman–Crippen LogP) is 3.66. The van der Waals surface area contributed by atoms with E-state index in [0.717, 1.165) is 23.5 Å². The van der Waals surface area contributed by atoms with Gasteiger partial charge >= 0.3 is 0 Å². The van der Waals surface area contributed by atoms with Crippen molar-refractivity contribution in [2.45, 2.75) is 26.8 Å². The SMILES string of the molecule is CCC(=O)c1ccc(NCc2scnc2C)cc1. The highest BCUT2D eigenvalue weighted by atomic mass is 32.1. The maximum Gasteiger partial charge on any atom is 0.162 e. The Morgan fingerprint density at radius 3 is 2.61 bits per heavy atom. The minimum Gasteiger partial charge on any atom is -0.380 e. The van der Waals surface area contributed by atoms with E-state index in [0.29, 0.717) is 6.42 Å². The van der Waals surface area contributed by atoms with Gasteiger partial charge in [0.25, 0.3) is 0 Å². The number of Topliss-reactive ketones (excluding diaryl/α,β-unsaturated/α-hetero) is 1. The van der Waals surface area contributed by atoms with Crippen molar-refractivity contribution in [3.63, 3.8) is 0 Å². The van der Waals surface area contributed by atoms with Crippen LogP contribution in [0.15, 0.2) is 29.8 Å². The van der Waals surface area contributed by atoms with Crippen LogP contribution in [-0.2, 0) is 6.54 Å². The van der Waals surface area contributed by atoms with E-state index >= 15 is 0 Å². The topological polar surface area (TPSA) is 42.0 Å². The molecule has 18 heavy (non-hydrogen) atoms. The minimum absolute atomic E-state index is 0.180. The molecule has 1 heterocycles. The molecule has 0 saturated heterocycles. The number of hydrogen-bond acceptors (Lipinski definition) is 4. The average Bonchev–Trinajstić information content (AvgIpc) is 2.81. The van der Waals surface area contributed by atoms with Crippen molar-refractivity contribution in [1.29, 1.82) is 0 Å². The molecule has 4 heteroatoms. The van der Waals surface area contributed by atoms with E-state index in [1.807, 2.05) is 43.6 Å². The van der Waals surface area contributed by atoms with Crippen molar-refractivity contribution in [3.05, 3.63) is 45.9 Å². The first-order chi connectivity index (χ1) is 8.70. The fourth-order valence-electron chi connectivity index (χ4n) is 1.66. The van der Waals surface area contributed by atoms with E-state index in [1.54, 1.807) is 11.3 Å². The molecule has 94 valence electrons. The fraction of sp³-hybridized carbons (Fsp3) is 0.286. The van der Waals surface area contributed by atoms with Crippen LogP contribution in [0.25, 0.3) is 0 Å². The lowest BCUT2D eigenvalue weighted by molar-refractivity contribution is 0.0988. The quantitative estimate of drug-likeness (QED) is 0.834. The Morgan fingerprint density at radius 2 is 2.06 bits per heavy atom. The Kier molecular flexibility index (Phi) is 4.10. The van der Waals surface area contributed by atoms with Crippen molar-refractivity contribution in [2.24, 2.45) is 0 Å². The highest BCUT2D eigenvalue weighted by Gasteiger charge is 2.03. The van der Waals surface area contributed by atoms with Crippen molar-refractivity contribution in [3.8, 4) is 0 Å². The smallest absolute Gasteiger partial charge is 0.162 e. The van der Waals surface area contributed by atoms with Crippen LogP contribution in [0.5, 0.6) is 0 Å². The summed E-state index contributed by atoms with van der Waals surface area (Å²) in [5.41, 5.74) is 4.73. The van der Waals surface area contributed by atoms with E-state index in [1.165, 1.54) is 4.88 Å². The normalized spacial score (nSPS) is 10.3. The number of ketones is 1. The zero-order valence-corrected chi connectivity index (χ0v) is 11.4. The molecule has 3 nitrogen and oxygen atoms in total. The van der Waals surface area contributed by atoms with Gasteiger partial charge in [-0.05, 0) is 31.2 Å². The third-order valence-corrected chi connectivity index (χ3v) is 3.76. The van der Waals surface area contributed by atoms with Crippen LogP contribution in [0.4, 0.5) is 5.69 Å². The van der Waals surface area contributed by atoms with Gasteiger partial charge in [0.05, 0.1) is 17.7 Å². The van der Waals surface area contributed by atoms with E-state index in [-0.39, 0.29) is 5.78 Å². The van der Waals surface area contributed by atoms with Gasteiger partial charge in [-0.1, -0.05) is 6.92 Å². The van der Waals surface area contributed by atoms with Gasteiger partial charge in [-0.3, -0.25) is 4.79 Å². The van der Waals surface area contributed by atoms with Crippen LogP contribution in [0, 0.1) is 6.92 Å². The molecule has 0 amide bonds. The highest BCUT2D eigenvalue weighted by molar-refractivity contribution is 7.09. The van der Waals surface area contributed by atoms with E-state index in [9.17, 15) is 4.79 Å². The Balaban J connectivity index is 1.98. The zero-order valence-electron chi connectivity index (χ0n) is 10.6.